The van der Waals surface area contributed by atoms with Crippen LogP contribution in [-0.4, -0.2) is 16.2 Å². The van der Waals surface area contributed by atoms with Gasteiger partial charge in [-0.2, -0.15) is 0 Å². The van der Waals surface area contributed by atoms with Gasteiger partial charge in [-0.3, -0.25) is 0 Å². The first-order valence-electron chi connectivity index (χ1n) is 5.29. The van der Waals surface area contributed by atoms with Crippen molar-refractivity contribution >= 4 is 5.97 Å². The Labute approximate surface area is 100 Å². The number of phenols is 1. The molecule has 0 aliphatic rings. The van der Waals surface area contributed by atoms with Crippen LogP contribution in [0.25, 0.3) is 0 Å². The first-order valence-corrected chi connectivity index (χ1v) is 5.29. The first kappa shape index (κ1) is 13.3. The molecule has 1 rings (SSSR count). The summed E-state index contributed by atoms with van der Waals surface area (Å²) < 4.78 is 0. The summed E-state index contributed by atoms with van der Waals surface area (Å²) in [7, 11) is 0. The number of nitrogens with two attached hydrogens (primary N) is 1. The number of hydrogen-bond donors (Lipinski definition) is 3. The highest BCUT2D eigenvalue weighted by atomic mass is 16.4. The number of rotatable bonds is 4. The number of carboxylic acid groups (broad SMARTS) is 1. The molecule has 0 saturated carbocycles. The molecule has 0 aromatic heterocycles. The molecule has 4 N–H and O–H groups in total. The summed E-state index contributed by atoms with van der Waals surface area (Å²) >= 11 is 0. The lowest BCUT2D eigenvalue weighted by Gasteiger charge is -2.16. The molecule has 4 heteroatoms. The normalized spacial score (nSPS) is 12.2. The molecular weight excluding hydrogens is 218 g/mol. The SMILES string of the molecule is C=C(C)C[C@@H](N)c1cc(C)cc(C(=O)O)c1O. The highest BCUT2D eigenvalue weighted by Gasteiger charge is 2.18. The third-order valence-electron chi connectivity index (χ3n) is 2.48. The minimum absolute atomic E-state index is 0.114. The van der Waals surface area contributed by atoms with E-state index in [0.29, 0.717) is 12.0 Å². The fourth-order valence-electron chi connectivity index (χ4n) is 1.74. The number of carbonyl (C=O) groups is 1. The molecule has 0 fully saturated rings. The number of aryl methyl sites for hydroxylation is 1. The molecular formula is C13H17NO3. The Morgan fingerprint density at radius 3 is 2.59 bits per heavy atom. The summed E-state index contributed by atoms with van der Waals surface area (Å²) in [6, 6.07) is 2.69. The number of carboxylic acids is 1. The molecule has 17 heavy (non-hydrogen) atoms. The minimum Gasteiger partial charge on any atom is -0.507 e. The van der Waals surface area contributed by atoms with Crippen molar-refractivity contribution in [3.8, 4) is 5.75 Å². The van der Waals surface area contributed by atoms with Crippen LogP contribution in [-0.2, 0) is 0 Å². The second-order valence-electron chi connectivity index (χ2n) is 4.32. The molecule has 92 valence electrons. The Kier molecular flexibility index (Phi) is 3.91. The summed E-state index contributed by atoms with van der Waals surface area (Å²) in [5, 5.41) is 18.8. The summed E-state index contributed by atoms with van der Waals surface area (Å²) in [6.07, 6.45) is 0.510. The van der Waals surface area contributed by atoms with E-state index < -0.39 is 12.0 Å². The molecule has 0 saturated heterocycles. The van der Waals surface area contributed by atoms with Crippen LogP contribution in [0, 0.1) is 6.92 Å². The third kappa shape index (κ3) is 3.07. The lowest BCUT2D eigenvalue weighted by Crippen LogP contribution is -2.12. The van der Waals surface area contributed by atoms with Gasteiger partial charge in [0.15, 0.2) is 0 Å². The van der Waals surface area contributed by atoms with Gasteiger partial charge in [0, 0.05) is 11.6 Å². The van der Waals surface area contributed by atoms with E-state index in [2.05, 4.69) is 6.58 Å². The van der Waals surface area contributed by atoms with Gasteiger partial charge in [0.25, 0.3) is 0 Å². The molecule has 0 unspecified atom stereocenters. The van der Waals surface area contributed by atoms with Crippen molar-refractivity contribution in [1.82, 2.24) is 0 Å². The molecule has 4 nitrogen and oxygen atoms in total. The van der Waals surface area contributed by atoms with Gasteiger partial charge in [-0.15, -0.1) is 6.58 Å². The van der Waals surface area contributed by atoms with Crippen LogP contribution in [0.3, 0.4) is 0 Å². The van der Waals surface area contributed by atoms with Crippen LogP contribution in [0.2, 0.25) is 0 Å². The Balaban J connectivity index is 3.24. The minimum atomic E-state index is -1.16. The Bertz CT molecular complexity index is 466. The zero-order chi connectivity index (χ0) is 13.2. The molecule has 0 spiro atoms. The predicted octanol–water partition coefficient (Wildman–Crippen LogP) is 2.36. The molecule has 0 aliphatic carbocycles. The zero-order valence-corrected chi connectivity index (χ0v) is 10.0. The number of aromatic hydroxyl groups is 1. The van der Waals surface area contributed by atoms with E-state index in [0.717, 1.165) is 11.1 Å². The number of aromatic carboxylic acids is 1. The molecule has 0 aliphatic heterocycles. The van der Waals surface area contributed by atoms with Crippen molar-refractivity contribution in [1.29, 1.82) is 0 Å². The maximum Gasteiger partial charge on any atom is 0.339 e. The van der Waals surface area contributed by atoms with E-state index >= 15 is 0 Å². The quantitative estimate of drug-likeness (QED) is 0.699. The Morgan fingerprint density at radius 1 is 1.53 bits per heavy atom. The molecule has 0 heterocycles. The van der Waals surface area contributed by atoms with E-state index in [4.69, 9.17) is 10.8 Å². The molecule has 0 bridgehead atoms. The average molecular weight is 235 g/mol. The highest BCUT2D eigenvalue weighted by molar-refractivity contribution is 5.91. The smallest absolute Gasteiger partial charge is 0.339 e. The van der Waals surface area contributed by atoms with E-state index in [1.165, 1.54) is 6.07 Å². The Morgan fingerprint density at radius 2 is 2.12 bits per heavy atom. The van der Waals surface area contributed by atoms with E-state index in [1.807, 2.05) is 6.92 Å². The van der Waals surface area contributed by atoms with Crippen molar-refractivity contribution in [2.75, 3.05) is 0 Å². The lowest BCUT2D eigenvalue weighted by atomic mass is 9.96. The average Bonchev–Trinajstić information content (AvgIpc) is 2.19. The molecule has 1 aromatic carbocycles. The number of hydrogen-bond acceptors (Lipinski definition) is 3. The van der Waals surface area contributed by atoms with Crippen LogP contribution in [0.4, 0.5) is 0 Å². The monoisotopic (exact) mass is 235 g/mol. The first-order chi connectivity index (χ1) is 7.82. The topological polar surface area (TPSA) is 83.6 Å². The predicted molar refractivity (Wildman–Crippen MR) is 66.2 cm³/mol. The van der Waals surface area contributed by atoms with Crippen LogP contribution in [0.1, 0.15) is 40.9 Å². The van der Waals surface area contributed by atoms with E-state index in [1.54, 1.807) is 13.0 Å². The Hall–Kier alpha value is -1.81. The van der Waals surface area contributed by atoms with Crippen LogP contribution >= 0.6 is 0 Å². The van der Waals surface area contributed by atoms with Gasteiger partial charge < -0.3 is 15.9 Å². The van der Waals surface area contributed by atoms with E-state index in [9.17, 15) is 9.90 Å². The maximum atomic E-state index is 11.0. The van der Waals surface area contributed by atoms with Crippen molar-refractivity contribution in [2.45, 2.75) is 26.3 Å². The molecule has 0 radical (unpaired) electrons. The zero-order valence-electron chi connectivity index (χ0n) is 10.0. The molecule has 1 atom stereocenters. The van der Waals surface area contributed by atoms with Gasteiger partial charge in [0.2, 0.25) is 0 Å². The van der Waals surface area contributed by atoms with Gasteiger partial charge in [0.05, 0.1) is 0 Å². The lowest BCUT2D eigenvalue weighted by molar-refractivity contribution is 0.0693. The summed E-state index contributed by atoms with van der Waals surface area (Å²) in [5.74, 6) is -1.41. The fraction of sp³-hybridized carbons (Fsp3) is 0.308. The maximum absolute atomic E-state index is 11.0. The summed E-state index contributed by atoms with van der Waals surface area (Å²) in [5.41, 5.74) is 7.90. The largest absolute Gasteiger partial charge is 0.507 e. The second-order valence-corrected chi connectivity index (χ2v) is 4.32. The third-order valence-corrected chi connectivity index (χ3v) is 2.48. The van der Waals surface area contributed by atoms with Gasteiger partial charge in [-0.05, 0) is 31.9 Å². The highest BCUT2D eigenvalue weighted by Crippen LogP contribution is 2.31. The van der Waals surface area contributed by atoms with Crippen molar-refractivity contribution < 1.29 is 15.0 Å². The number of benzene rings is 1. The standard InChI is InChI=1S/C13H17NO3/c1-7(2)4-11(14)9-5-8(3)6-10(12(9)15)13(16)17/h5-6,11,15H,1,4,14H2,2-3H3,(H,16,17)/t11-/m1/s1. The molecule has 1 aromatic rings. The second kappa shape index (κ2) is 5.01. The van der Waals surface area contributed by atoms with Crippen LogP contribution < -0.4 is 5.73 Å². The van der Waals surface area contributed by atoms with Crippen LogP contribution in [0.5, 0.6) is 5.75 Å². The van der Waals surface area contributed by atoms with Crippen molar-refractivity contribution in [3.05, 3.63) is 41.0 Å². The van der Waals surface area contributed by atoms with Crippen LogP contribution in [0.15, 0.2) is 24.3 Å². The fourth-order valence-corrected chi connectivity index (χ4v) is 1.74. The van der Waals surface area contributed by atoms with Gasteiger partial charge in [0.1, 0.15) is 11.3 Å². The van der Waals surface area contributed by atoms with Crippen molar-refractivity contribution in [2.24, 2.45) is 5.73 Å². The van der Waals surface area contributed by atoms with Gasteiger partial charge in [-0.1, -0.05) is 11.6 Å². The van der Waals surface area contributed by atoms with Gasteiger partial charge >= 0.3 is 5.97 Å². The van der Waals surface area contributed by atoms with Crippen molar-refractivity contribution in [3.63, 3.8) is 0 Å². The summed E-state index contributed by atoms with van der Waals surface area (Å²) in [6.45, 7) is 7.36. The summed E-state index contributed by atoms with van der Waals surface area (Å²) in [4.78, 5) is 11.0. The molecule has 0 amide bonds. The van der Waals surface area contributed by atoms with E-state index in [-0.39, 0.29) is 11.3 Å². The van der Waals surface area contributed by atoms with Gasteiger partial charge in [-0.25, -0.2) is 4.79 Å².